The molecule has 20 heteroatoms. The summed E-state index contributed by atoms with van der Waals surface area (Å²) in [6, 6.07) is 34.2. The molecule has 2 aliphatic rings. The van der Waals surface area contributed by atoms with Crippen molar-refractivity contribution in [2.75, 3.05) is 13.1 Å². The van der Waals surface area contributed by atoms with E-state index in [2.05, 4.69) is 10.6 Å². The van der Waals surface area contributed by atoms with Gasteiger partial charge < -0.3 is 40.2 Å². The molecule has 8 atom stereocenters. The molecule has 4 amide bonds. The maximum absolute atomic E-state index is 13.1. The van der Waals surface area contributed by atoms with Gasteiger partial charge in [-0.25, -0.2) is 0 Å². The van der Waals surface area contributed by atoms with E-state index >= 15 is 0 Å². The third-order valence-electron chi connectivity index (χ3n) is 11.1. The van der Waals surface area contributed by atoms with Crippen LogP contribution in [0.3, 0.4) is 0 Å². The summed E-state index contributed by atoms with van der Waals surface area (Å²) in [6.45, 7) is 3.44. The molecule has 4 aromatic carbocycles. The van der Waals surface area contributed by atoms with Gasteiger partial charge in [0.2, 0.25) is 0 Å². The Bertz CT molecular complexity index is 2140. The van der Waals surface area contributed by atoms with E-state index in [0.29, 0.717) is 62.5 Å². The van der Waals surface area contributed by atoms with Crippen molar-refractivity contribution in [2.45, 2.75) is 101 Å². The van der Waals surface area contributed by atoms with Gasteiger partial charge in [0.25, 0.3) is 35.2 Å². The van der Waals surface area contributed by atoms with Gasteiger partial charge in [-0.3, -0.25) is 19.2 Å². The Morgan fingerprint density at radius 2 is 0.868 bits per heavy atom. The zero-order chi connectivity index (χ0) is 47.6. The Morgan fingerprint density at radius 1 is 0.559 bits per heavy atom. The number of rotatable bonds is 20. The molecule has 0 saturated carbocycles. The van der Waals surface area contributed by atoms with Gasteiger partial charge in [0.05, 0.1) is 24.0 Å². The van der Waals surface area contributed by atoms with Crippen molar-refractivity contribution in [3.8, 4) is 0 Å². The molecular weight excluding hydrogens is 900 g/mol. The Labute approximate surface area is 422 Å². The Morgan fingerprint density at radius 3 is 1.18 bits per heavy atom. The molecule has 0 bridgehead atoms. The van der Waals surface area contributed by atoms with Crippen molar-refractivity contribution in [2.24, 2.45) is 0 Å². The second-order valence-electron chi connectivity index (χ2n) is 15.8. The number of nitrogens with one attached hydrogen (secondary N) is 2. The zero-order valence-corrected chi connectivity index (χ0v) is 40.6. The number of nitrogens with zero attached hydrogens (tertiary/aromatic N) is 2. The van der Waals surface area contributed by atoms with Crippen LogP contribution in [0.4, 0.5) is 0 Å². The van der Waals surface area contributed by atoms with Crippen LogP contribution in [0.15, 0.2) is 121 Å². The number of likely N-dealkylation sites (tertiary alicyclic amines) is 2. The topological polar surface area (TPSA) is 232 Å². The van der Waals surface area contributed by atoms with Crippen LogP contribution in [-0.2, 0) is 50.2 Å². The molecule has 0 aliphatic carbocycles. The first-order valence-corrected chi connectivity index (χ1v) is 24.3. The number of carboxylic acid groups (broad SMARTS) is 2. The molecule has 6 rings (SSSR count). The van der Waals surface area contributed by atoms with E-state index in [0.717, 1.165) is 11.1 Å². The van der Waals surface area contributed by atoms with Gasteiger partial charge in [-0.2, -0.15) is 0 Å². The monoisotopic (exact) mass is 954 g/mol. The second kappa shape index (κ2) is 29.1. The smallest absolute Gasteiger partial charge is 0.548 e. The fourth-order valence-corrected chi connectivity index (χ4v) is 9.79. The SMILES string of the molecule is CC(O[P+](=O)[C@@H](CCc1ccccc1)NC(=O)c1ccccc1)C(=O)N1CCC[C@H]1C(=O)[O-].CC(O[P+](=O)[C@@H](CCc1ccccc1)NC(=O)c1ccccc1)C(=O)N1CCC[C@H]1C(=O)[O-].[Li+].[Li+]. The minimum Gasteiger partial charge on any atom is -0.548 e. The van der Waals surface area contributed by atoms with E-state index in [1.54, 1.807) is 60.7 Å². The van der Waals surface area contributed by atoms with Crippen molar-refractivity contribution >= 4 is 51.6 Å². The average Bonchev–Trinajstić information content (AvgIpc) is 4.04. The summed E-state index contributed by atoms with van der Waals surface area (Å²) in [4.78, 5) is 75.8. The number of aliphatic carboxylic acids is 2. The number of amides is 4. The van der Waals surface area contributed by atoms with E-state index in [9.17, 15) is 48.1 Å². The molecule has 4 unspecified atom stereocenters. The number of hydrogen-bond acceptors (Lipinski definition) is 12. The third-order valence-corrected chi connectivity index (χ3v) is 14.0. The van der Waals surface area contributed by atoms with Gasteiger partial charge in [0.1, 0.15) is 0 Å². The van der Waals surface area contributed by atoms with Crippen LogP contribution in [0.25, 0.3) is 0 Å². The quantitative estimate of drug-likeness (QED) is 0.0765. The molecule has 68 heavy (non-hydrogen) atoms. The van der Waals surface area contributed by atoms with Crippen molar-refractivity contribution < 1.29 is 94.9 Å². The number of benzene rings is 4. The summed E-state index contributed by atoms with van der Waals surface area (Å²) in [7, 11) is -4.94. The molecule has 2 fully saturated rings. The first kappa shape index (κ1) is 57.3. The molecule has 0 radical (unpaired) electrons. The summed E-state index contributed by atoms with van der Waals surface area (Å²) in [6.07, 6.45) is 1.26. The van der Waals surface area contributed by atoms with Crippen molar-refractivity contribution in [3.63, 3.8) is 0 Å². The van der Waals surface area contributed by atoms with E-state index < -0.39 is 87.5 Å². The van der Waals surface area contributed by atoms with Crippen LogP contribution in [0.1, 0.15) is 84.2 Å². The Hall–Kier alpha value is -4.99. The van der Waals surface area contributed by atoms with Crippen LogP contribution in [0.5, 0.6) is 0 Å². The number of carbonyl (C=O) groups is 6. The van der Waals surface area contributed by atoms with Crippen molar-refractivity contribution in [1.82, 2.24) is 20.4 Å². The summed E-state index contributed by atoms with van der Waals surface area (Å²) >= 11 is 0. The Balaban J connectivity index is 0.000000350. The van der Waals surface area contributed by atoms with Crippen LogP contribution in [0, 0.1) is 0 Å². The minimum absolute atomic E-state index is 0. The van der Waals surface area contributed by atoms with E-state index in [-0.39, 0.29) is 50.8 Å². The van der Waals surface area contributed by atoms with Crippen molar-refractivity contribution in [3.05, 3.63) is 144 Å². The van der Waals surface area contributed by atoms with Gasteiger partial charge >= 0.3 is 53.8 Å². The van der Waals surface area contributed by atoms with Crippen LogP contribution in [-0.4, -0.2) is 94.3 Å². The zero-order valence-electron chi connectivity index (χ0n) is 38.8. The predicted molar refractivity (Wildman–Crippen MR) is 241 cm³/mol. The number of aryl methyl sites for hydroxylation is 2. The average molecular weight is 955 g/mol. The van der Waals surface area contributed by atoms with E-state index in [4.69, 9.17) is 9.05 Å². The van der Waals surface area contributed by atoms with Gasteiger partial charge in [-0.1, -0.05) is 97.1 Å². The maximum Gasteiger partial charge on any atom is 1.00 e. The predicted octanol–water partition coefficient (Wildman–Crippen LogP) is -1.46. The molecule has 16 nitrogen and oxygen atoms in total. The van der Waals surface area contributed by atoms with Crippen LogP contribution < -0.4 is 58.6 Å². The molecule has 348 valence electrons. The first-order chi connectivity index (χ1) is 31.7. The van der Waals surface area contributed by atoms with Gasteiger partial charge in [0, 0.05) is 37.1 Å². The van der Waals surface area contributed by atoms with E-state index in [1.807, 2.05) is 60.7 Å². The summed E-state index contributed by atoms with van der Waals surface area (Å²) in [5, 5.41) is 28.1. The molecule has 4 aromatic rings. The third kappa shape index (κ3) is 17.2. The van der Waals surface area contributed by atoms with Crippen molar-refractivity contribution in [1.29, 1.82) is 0 Å². The minimum atomic E-state index is -2.47. The van der Waals surface area contributed by atoms with Gasteiger partial charge in [-0.05, 0) is 96.9 Å². The standard InChI is InChI=1S/2C24H27N2O6P.2Li/c2*1-17(23(28)26-16-8-13-20(26)24(29)30)32-33(31)21(15-14-18-9-4-2-5-10-18)25-22(27)19-11-6-3-7-12-19;;/h2*2-7,9-12,17,20-21H,8,13-16H2,1H3,(H-,25,27,29,30);;/q;;2*+1/t2*17?,20-,21-;;/m00../s1. The molecule has 0 spiro atoms. The van der Waals surface area contributed by atoms with Gasteiger partial charge in [-0.15, -0.1) is 9.05 Å². The second-order valence-corrected chi connectivity index (χ2v) is 18.7. The molecule has 2 heterocycles. The molecule has 2 aliphatic heterocycles. The maximum atomic E-state index is 13.1. The first-order valence-electron chi connectivity index (χ1n) is 21.8. The fraction of sp³-hybridized carbons (Fsp3) is 0.375. The normalized spacial score (nSPS) is 17.3. The summed E-state index contributed by atoms with van der Waals surface area (Å²) < 4.78 is 37.2. The van der Waals surface area contributed by atoms with Crippen LogP contribution >= 0.6 is 16.1 Å². The molecule has 2 N–H and O–H groups in total. The number of carboxylic acids is 2. The number of carbonyl (C=O) groups excluding carboxylic acids is 6. The van der Waals surface area contributed by atoms with E-state index in [1.165, 1.54) is 23.6 Å². The number of hydrogen-bond donors (Lipinski definition) is 2. The Kier molecular flexibility index (Phi) is 24.6. The molecular formula is C48H54Li2N4O12P2+2. The summed E-state index contributed by atoms with van der Waals surface area (Å²) in [5.74, 6) is -6.19. The molecule has 0 aromatic heterocycles. The molecule has 2 saturated heterocycles. The summed E-state index contributed by atoms with van der Waals surface area (Å²) in [5.41, 5.74) is 2.86. The largest absolute Gasteiger partial charge is 1.00 e. The van der Waals surface area contributed by atoms with Crippen LogP contribution in [0.2, 0.25) is 0 Å². The fourth-order valence-electron chi connectivity index (χ4n) is 7.57. The van der Waals surface area contributed by atoms with Gasteiger partial charge in [0.15, 0.2) is 12.2 Å².